The summed E-state index contributed by atoms with van der Waals surface area (Å²) in [6.07, 6.45) is 2.00. The van der Waals surface area contributed by atoms with E-state index < -0.39 is 0 Å². The first-order valence-electron chi connectivity index (χ1n) is 6.66. The van der Waals surface area contributed by atoms with E-state index in [9.17, 15) is 0 Å². The van der Waals surface area contributed by atoms with E-state index in [1.54, 1.807) is 11.3 Å². The summed E-state index contributed by atoms with van der Waals surface area (Å²) in [7, 11) is 0. The Morgan fingerprint density at radius 2 is 1.95 bits per heavy atom. The van der Waals surface area contributed by atoms with Gasteiger partial charge in [-0.15, -0.1) is 23.1 Å². The maximum absolute atomic E-state index is 6.55. The van der Waals surface area contributed by atoms with Gasteiger partial charge in [0.2, 0.25) is 0 Å². The second kappa shape index (κ2) is 6.60. The minimum atomic E-state index is -0.161. The number of benzene rings is 1. The third-order valence-electron chi connectivity index (χ3n) is 3.48. The van der Waals surface area contributed by atoms with Crippen molar-refractivity contribution in [2.24, 2.45) is 5.73 Å². The molecule has 0 aliphatic rings. The van der Waals surface area contributed by atoms with Crippen LogP contribution in [0.5, 0.6) is 0 Å². The third kappa shape index (κ3) is 3.85. The van der Waals surface area contributed by atoms with E-state index in [2.05, 4.69) is 55.6 Å². The highest BCUT2D eigenvalue weighted by Crippen LogP contribution is 2.32. The highest BCUT2D eigenvalue weighted by atomic mass is 32.2. The average Bonchev–Trinajstić information content (AvgIpc) is 2.95. The van der Waals surface area contributed by atoms with Gasteiger partial charge in [0.25, 0.3) is 0 Å². The predicted octanol–water partition coefficient (Wildman–Crippen LogP) is 4.80. The van der Waals surface area contributed by atoms with Gasteiger partial charge in [-0.25, -0.2) is 0 Å². The number of aryl methyl sites for hydroxylation is 1. The molecule has 0 saturated heterocycles. The molecule has 0 amide bonds. The van der Waals surface area contributed by atoms with Crippen molar-refractivity contribution in [3.8, 4) is 0 Å². The van der Waals surface area contributed by atoms with Crippen molar-refractivity contribution >= 4 is 23.1 Å². The topological polar surface area (TPSA) is 26.0 Å². The van der Waals surface area contributed by atoms with Gasteiger partial charge in [0.05, 0.1) is 5.54 Å². The second-order valence-electron chi connectivity index (χ2n) is 4.90. The molecule has 2 rings (SSSR count). The SMILES string of the molecule is CCC(N)(CCSc1ccc(C)cc1)c1cccs1. The van der Waals surface area contributed by atoms with Crippen LogP contribution in [0.3, 0.4) is 0 Å². The molecule has 0 fully saturated rings. The van der Waals surface area contributed by atoms with Gasteiger partial charge in [0, 0.05) is 15.5 Å². The molecule has 0 aliphatic heterocycles. The third-order valence-corrected chi connectivity index (χ3v) is 5.58. The molecule has 0 radical (unpaired) electrons. The average molecular weight is 291 g/mol. The highest BCUT2D eigenvalue weighted by Gasteiger charge is 2.25. The van der Waals surface area contributed by atoms with Crippen LogP contribution >= 0.6 is 23.1 Å². The Balaban J connectivity index is 1.92. The molecule has 1 aromatic carbocycles. The van der Waals surface area contributed by atoms with E-state index in [-0.39, 0.29) is 5.54 Å². The van der Waals surface area contributed by atoms with Crippen molar-refractivity contribution in [1.82, 2.24) is 0 Å². The van der Waals surface area contributed by atoms with E-state index >= 15 is 0 Å². The number of rotatable bonds is 6. The zero-order chi connectivity index (χ0) is 13.7. The van der Waals surface area contributed by atoms with Crippen LogP contribution in [0.2, 0.25) is 0 Å². The van der Waals surface area contributed by atoms with Gasteiger partial charge in [-0.2, -0.15) is 0 Å². The fraction of sp³-hybridized carbons (Fsp3) is 0.375. The summed E-state index contributed by atoms with van der Waals surface area (Å²) in [6.45, 7) is 4.30. The Morgan fingerprint density at radius 1 is 1.21 bits per heavy atom. The van der Waals surface area contributed by atoms with E-state index in [1.807, 2.05) is 11.8 Å². The molecule has 19 heavy (non-hydrogen) atoms. The van der Waals surface area contributed by atoms with E-state index in [4.69, 9.17) is 5.73 Å². The molecule has 0 aliphatic carbocycles. The summed E-state index contributed by atoms with van der Waals surface area (Å²) in [5, 5.41) is 2.11. The van der Waals surface area contributed by atoms with E-state index in [0.29, 0.717) is 0 Å². The Bertz CT molecular complexity index is 490. The molecule has 3 heteroatoms. The maximum Gasteiger partial charge on any atom is 0.0509 e. The van der Waals surface area contributed by atoms with Crippen LogP contribution in [0.15, 0.2) is 46.7 Å². The van der Waals surface area contributed by atoms with Crippen LogP contribution in [0, 0.1) is 6.92 Å². The number of thioether (sulfide) groups is 1. The molecule has 0 saturated carbocycles. The van der Waals surface area contributed by atoms with Crippen molar-refractivity contribution in [3.05, 3.63) is 52.2 Å². The smallest absolute Gasteiger partial charge is 0.0509 e. The largest absolute Gasteiger partial charge is 0.321 e. The van der Waals surface area contributed by atoms with Gasteiger partial charge in [-0.3, -0.25) is 0 Å². The summed E-state index contributed by atoms with van der Waals surface area (Å²) in [6, 6.07) is 13.0. The molecule has 102 valence electrons. The Hall–Kier alpha value is -0.770. The molecule has 0 spiro atoms. The van der Waals surface area contributed by atoms with Gasteiger partial charge in [0.15, 0.2) is 0 Å². The van der Waals surface area contributed by atoms with Gasteiger partial charge < -0.3 is 5.73 Å². The molecule has 2 aromatic rings. The molecular formula is C16H21NS2. The quantitative estimate of drug-likeness (QED) is 0.773. The fourth-order valence-electron chi connectivity index (χ4n) is 2.02. The summed E-state index contributed by atoms with van der Waals surface area (Å²) < 4.78 is 0. The maximum atomic E-state index is 6.55. The molecule has 1 nitrogen and oxygen atoms in total. The van der Waals surface area contributed by atoms with Crippen LogP contribution in [-0.2, 0) is 5.54 Å². The van der Waals surface area contributed by atoms with Crippen LogP contribution in [0.1, 0.15) is 30.2 Å². The number of thiophene rings is 1. The zero-order valence-corrected chi connectivity index (χ0v) is 13.2. The monoisotopic (exact) mass is 291 g/mol. The van der Waals surface area contributed by atoms with Crippen LogP contribution < -0.4 is 5.73 Å². The second-order valence-corrected chi connectivity index (χ2v) is 7.01. The normalized spacial score (nSPS) is 14.3. The van der Waals surface area contributed by atoms with E-state index in [0.717, 1.165) is 18.6 Å². The molecular weight excluding hydrogens is 270 g/mol. The summed E-state index contributed by atoms with van der Waals surface area (Å²) in [5.74, 6) is 1.06. The molecule has 1 atom stereocenters. The Morgan fingerprint density at radius 3 is 2.53 bits per heavy atom. The minimum absolute atomic E-state index is 0.161. The van der Waals surface area contributed by atoms with Gasteiger partial charge in [-0.1, -0.05) is 30.7 Å². The van der Waals surface area contributed by atoms with Crippen LogP contribution in [-0.4, -0.2) is 5.75 Å². The number of hydrogen-bond acceptors (Lipinski definition) is 3. The van der Waals surface area contributed by atoms with E-state index in [1.165, 1.54) is 15.3 Å². The van der Waals surface area contributed by atoms with Crippen molar-refractivity contribution in [2.45, 2.75) is 37.1 Å². The first-order valence-corrected chi connectivity index (χ1v) is 8.53. The predicted molar refractivity (Wildman–Crippen MR) is 87.0 cm³/mol. The Labute approximate surface area is 124 Å². The molecule has 1 heterocycles. The lowest BCUT2D eigenvalue weighted by molar-refractivity contribution is 0.425. The highest BCUT2D eigenvalue weighted by molar-refractivity contribution is 7.99. The van der Waals surface area contributed by atoms with Crippen LogP contribution in [0.4, 0.5) is 0 Å². The van der Waals surface area contributed by atoms with Crippen molar-refractivity contribution < 1.29 is 0 Å². The van der Waals surface area contributed by atoms with Gasteiger partial charge in [0.1, 0.15) is 0 Å². The first kappa shape index (κ1) is 14.6. The van der Waals surface area contributed by atoms with Gasteiger partial charge >= 0.3 is 0 Å². The lowest BCUT2D eigenvalue weighted by Crippen LogP contribution is -2.35. The lowest BCUT2D eigenvalue weighted by atomic mass is 9.92. The summed E-state index contributed by atoms with van der Waals surface area (Å²) in [4.78, 5) is 2.63. The van der Waals surface area contributed by atoms with Crippen LogP contribution in [0.25, 0.3) is 0 Å². The molecule has 0 bridgehead atoms. The fourth-order valence-corrected chi connectivity index (χ4v) is 3.99. The summed E-state index contributed by atoms with van der Waals surface area (Å²) in [5.41, 5.74) is 7.70. The van der Waals surface area contributed by atoms with Crippen molar-refractivity contribution in [2.75, 3.05) is 5.75 Å². The number of hydrogen-bond donors (Lipinski definition) is 1. The Kier molecular flexibility index (Phi) is 5.08. The standard InChI is InChI=1S/C16H21NS2/c1-3-16(17,15-5-4-11-19-15)10-12-18-14-8-6-13(2)7-9-14/h4-9,11H,3,10,12,17H2,1-2H3. The summed E-state index contributed by atoms with van der Waals surface area (Å²) >= 11 is 3.66. The number of nitrogens with two attached hydrogens (primary N) is 1. The van der Waals surface area contributed by atoms with Crippen molar-refractivity contribution in [3.63, 3.8) is 0 Å². The van der Waals surface area contributed by atoms with Gasteiger partial charge in [-0.05, 0) is 43.3 Å². The van der Waals surface area contributed by atoms with Crippen molar-refractivity contribution in [1.29, 1.82) is 0 Å². The lowest BCUT2D eigenvalue weighted by Gasteiger charge is -2.26. The molecule has 2 N–H and O–H groups in total. The molecule has 1 aromatic heterocycles. The minimum Gasteiger partial charge on any atom is -0.321 e. The first-order chi connectivity index (χ1) is 9.14. The zero-order valence-electron chi connectivity index (χ0n) is 11.6. The molecule has 1 unspecified atom stereocenters.